The Morgan fingerprint density at radius 3 is 2.67 bits per heavy atom. The number of aryl methyl sites for hydroxylation is 1. The summed E-state index contributed by atoms with van der Waals surface area (Å²) in [4.78, 5) is 24.6. The Bertz CT molecular complexity index is 739. The van der Waals surface area contributed by atoms with Gasteiger partial charge in [-0.25, -0.2) is 0 Å². The number of carbonyl (C=O) groups is 2. The van der Waals surface area contributed by atoms with Crippen LogP contribution in [0.1, 0.15) is 22.9 Å². The molecule has 0 saturated heterocycles. The van der Waals surface area contributed by atoms with Crippen LogP contribution in [0.3, 0.4) is 0 Å². The fourth-order valence-corrected chi connectivity index (χ4v) is 2.52. The topological polar surface area (TPSA) is 67.4 Å². The van der Waals surface area contributed by atoms with Gasteiger partial charge in [0.05, 0.1) is 0 Å². The molecule has 0 aliphatic rings. The summed E-state index contributed by atoms with van der Waals surface area (Å²) in [5, 5.41) is 1.92. The largest absolute Gasteiger partial charge is 0.481 e. The Labute approximate surface area is 145 Å². The second-order valence-corrected chi connectivity index (χ2v) is 6.26. The first kappa shape index (κ1) is 17.7. The molecule has 2 rings (SSSR count). The van der Waals surface area contributed by atoms with Gasteiger partial charge in [-0.2, -0.15) is 0 Å². The number of thiophene rings is 1. The van der Waals surface area contributed by atoms with Crippen LogP contribution in [0.25, 0.3) is 6.08 Å². The number of ether oxygens (including phenoxy) is 1. The predicted octanol–water partition coefficient (Wildman–Crippen LogP) is 2.99. The third kappa shape index (κ3) is 4.96. The van der Waals surface area contributed by atoms with Gasteiger partial charge in [0.1, 0.15) is 5.75 Å². The van der Waals surface area contributed by atoms with Crippen LogP contribution in [0, 0.1) is 13.8 Å². The molecule has 0 spiro atoms. The SMILES string of the molecule is Cc1cccc(O[C@H](C)C(=O)NNC(=O)/C=C/c2cccs2)c1C. The van der Waals surface area contributed by atoms with Crippen LogP contribution in [0.2, 0.25) is 0 Å². The highest BCUT2D eigenvalue weighted by molar-refractivity contribution is 7.10. The van der Waals surface area contributed by atoms with Gasteiger partial charge >= 0.3 is 0 Å². The molecular formula is C18H20N2O3S. The van der Waals surface area contributed by atoms with Crippen molar-refractivity contribution < 1.29 is 14.3 Å². The van der Waals surface area contributed by atoms with E-state index >= 15 is 0 Å². The van der Waals surface area contributed by atoms with Crippen LogP contribution in [0.5, 0.6) is 5.75 Å². The molecular weight excluding hydrogens is 324 g/mol. The minimum absolute atomic E-state index is 0.407. The second kappa shape index (κ2) is 8.31. The number of amides is 2. The zero-order chi connectivity index (χ0) is 17.5. The lowest BCUT2D eigenvalue weighted by molar-refractivity contribution is -0.131. The minimum Gasteiger partial charge on any atom is -0.481 e. The standard InChI is InChI=1S/C18H20N2O3S/c1-12-6-4-8-16(13(12)2)23-14(3)18(22)20-19-17(21)10-9-15-7-5-11-24-15/h4-11,14H,1-3H3,(H,19,21)(H,20,22)/b10-9+/t14-/m1/s1. The normalized spacial score (nSPS) is 12.0. The number of carbonyl (C=O) groups excluding carboxylic acids is 2. The summed E-state index contributed by atoms with van der Waals surface area (Å²) in [5.74, 6) is -0.175. The van der Waals surface area contributed by atoms with Crippen molar-refractivity contribution in [1.29, 1.82) is 0 Å². The zero-order valence-corrected chi connectivity index (χ0v) is 14.6. The molecule has 24 heavy (non-hydrogen) atoms. The molecule has 126 valence electrons. The van der Waals surface area contributed by atoms with Crippen molar-refractivity contribution in [3.63, 3.8) is 0 Å². The number of hydrogen-bond acceptors (Lipinski definition) is 4. The van der Waals surface area contributed by atoms with E-state index in [4.69, 9.17) is 4.74 Å². The van der Waals surface area contributed by atoms with Gasteiger partial charge in [0.2, 0.25) is 0 Å². The molecule has 0 unspecified atom stereocenters. The monoisotopic (exact) mass is 344 g/mol. The van der Waals surface area contributed by atoms with Gasteiger partial charge in [-0.3, -0.25) is 20.4 Å². The molecule has 1 heterocycles. The van der Waals surface area contributed by atoms with Crippen molar-refractivity contribution in [2.24, 2.45) is 0 Å². The van der Waals surface area contributed by atoms with Crippen LogP contribution in [0.15, 0.2) is 41.8 Å². The number of nitrogens with one attached hydrogen (secondary N) is 2. The average molecular weight is 344 g/mol. The summed E-state index contributed by atoms with van der Waals surface area (Å²) >= 11 is 1.52. The molecule has 1 aromatic heterocycles. The van der Waals surface area contributed by atoms with Gasteiger partial charge in [0.25, 0.3) is 11.8 Å². The van der Waals surface area contributed by atoms with Gasteiger partial charge in [0.15, 0.2) is 6.10 Å². The highest BCUT2D eigenvalue weighted by Gasteiger charge is 2.16. The van der Waals surface area contributed by atoms with Gasteiger partial charge in [-0.05, 0) is 55.5 Å². The Kier molecular flexibility index (Phi) is 6.14. The summed E-state index contributed by atoms with van der Waals surface area (Å²) in [6, 6.07) is 9.46. The molecule has 0 aliphatic carbocycles. The summed E-state index contributed by atoms with van der Waals surface area (Å²) < 4.78 is 5.66. The van der Waals surface area contributed by atoms with Crippen LogP contribution < -0.4 is 15.6 Å². The van der Waals surface area contributed by atoms with E-state index in [-0.39, 0.29) is 0 Å². The second-order valence-electron chi connectivity index (χ2n) is 5.29. The summed E-state index contributed by atoms with van der Waals surface area (Å²) in [6.07, 6.45) is 2.32. The maximum atomic E-state index is 12.0. The number of hydrazine groups is 1. The van der Waals surface area contributed by atoms with Crippen molar-refractivity contribution in [3.8, 4) is 5.75 Å². The molecule has 1 atom stereocenters. The molecule has 6 heteroatoms. The lowest BCUT2D eigenvalue weighted by atomic mass is 10.1. The van der Waals surface area contributed by atoms with Gasteiger partial charge in [-0.1, -0.05) is 18.2 Å². The van der Waals surface area contributed by atoms with E-state index in [1.165, 1.54) is 17.4 Å². The summed E-state index contributed by atoms with van der Waals surface area (Å²) in [5.41, 5.74) is 6.77. The number of benzene rings is 1. The maximum absolute atomic E-state index is 12.0. The molecule has 0 aliphatic heterocycles. The highest BCUT2D eigenvalue weighted by Crippen LogP contribution is 2.21. The highest BCUT2D eigenvalue weighted by atomic mass is 32.1. The van der Waals surface area contributed by atoms with Gasteiger partial charge in [-0.15, -0.1) is 11.3 Å². The first-order valence-corrected chi connectivity index (χ1v) is 8.39. The van der Waals surface area contributed by atoms with E-state index in [0.29, 0.717) is 5.75 Å². The van der Waals surface area contributed by atoms with Crippen molar-refractivity contribution >= 4 is 29.2 Å². The average Bonchev–Trinajstić information content (AvgIpc) is 3.08. The zero-order valence-electron chi connectivity index (χ0n) is 13.8. The third-order valence-corrected chi connectivity index (χ3v) is 4.32. The van der Waals surface area contributed by atoms with E-state index in [0.717, 1.165) is 16.0 Å². The lowest BCUT2D eigenvalue weighted by Gasteiger charge is -2.17. The summed E-state index contributed by atoms with van der Waals surface area (Å²) in [6.45, 7) is 5.55. The van der Waals surface area contributed by atoms with E-state index < -0.39 is 17.9 Å². The lowest BCUT2D eigenvalue weighted by Crippen LogP contribution is -2.46. The Morgan fingerprint density at radius 2 is 1.96 bits per heavy atom. The molecule has 2 N–H and O–H groups in total. The van der Waals surface area contributed by atoms with Crippen LogP contribution in [-0.4, -0.2) is 17.9 Å². The van der Waals surface area contributed by atoms with E-state index in [1.807, 2.05) is 49.6 Å². The smallest absolute Gasteiger partial charge is 0.279 e. The molecule has 0 bridgehead atoms. The van der Waals surface area contributed by atoms with Gasteiger partial charge < -0.3 is 4.74 Å². The molecule has 2 aromatic rings. The Balaban J connectivity index is 1.83. The predicted molar refractivity (Wildman–Crippen MR) is 95.6 cm³/mol. The van der Waals surface area contributed by atoms with Crippen molar-refractivity contribution in [3.05, 3.63) is 57.8 Å². The van der Waals surface area contributed by atoms with E-state index in [1.54, 1.807) is 13.0 Å². The van der Waals surface area contributed by atoms with E-state index in [9.17, 15) is 9.59 Å². The molecule has 1 aromatic carbocycles. The summed E-state index contributed by atoms with van der Waals surface area (Å²) in [7, 11) is 0. The van der Waals surface area contributed by atoms with Crippen molar-refractivity contribution in [2.75, 3.05) is 0 Å². The third-order valence-electron chi connectivity index (χ3n) is 3.48. The van der Waals surface area contributed by atoms with Crippen LogP contribution in [0.4, 0.5) is 0 Å². The fourth-order valence-electron chi connectivity index (χ4n) is 1.91. The number of rotatable bonds is 5. The first-order chi connectivity index (χ1) is 11.5. The van der Waals surface area contributed by atoms with Crippen molar-refractivity contribution in [2.45, 2.75) is 26.9 Å². The minimum atomic E-state index is -0.730. The Morgan fingerprint density at radius 1 is 1.17 bits per heavy atom. The van der Waals surface area contributed by atoms with Crippen LogP contribution >= 0.6 is 11.3 Å². The fraction of sp³-hybridized carbons (Fsp3) is 0.222. The molecule has 0 fully saturated rings. The van der Waals surface area contributed by atoms with E-state index in [2.05, 4.69) is 10.9 Å². The van der Waals surface area contributed by atoms with Gasteiger partial charge in [0, 0.05) is 11.0 Å². The molecule has 0 radical (unpaired) electrons. The molecule has 5 nitrogen and oxygen atoms in total. The number of hydrogen-bond donors (Lipinski definition) is 2. The molecule has 2 amide bonds. The maximum Gasteiger partial charge on any atom is 0.279 e. The van der Waals surface area contributed by atoms with Crippen LogP contribution in [-0.2, 0) is 9.59 Å². The van der Waals surface area contributed by atoms with Crippen molar-refractivity contribution in [1.82, 2.24) is 10.9 Å². The Hall–Kier alpha value is -2.60. The molecule has 0 saturated carbocycles. The first-order valence-electron chi connectivity index (χ1n) is 7.51. The quantitative estimate of drug-likeness (QED) is 0.647.